The molecule has 3 rings (SSSR count). The number of nitrogen functional groups attached to an aromatic ring is 1. The molecule has 1 aromatic heterocycles. The number of carbonyl (C=O) groups is 1. The number of rotatable bonds is 6. The summed E-state index contributed by atoms with van der Waals surface area (Å²) < 4.78 is 0. The van der Waals surface area contributed by atoms with Gasteiger partial charge in [0.1, 0.15) is 17.2 Å². The lowest BCUT2D eigenvalue weighted by molar-refractivity contribution is -0.114. The SMILES string of the molecule is C=CC(=O)Cc1cccc(C2(O)CCN(c3cc(NC)nc(N)n3)C2)c1. The molecule has 7 nitrogen and oxygen atoms in total. The van der Waals surface area contributed by atoms with Crippen LogP contribution in [0.3, 0.4) is 0 Å². The summed E-state index contributed by atoms with van der Waals surface area (Å²) in [5, 5.41) is 14.1. The van der Waals surface area contributed by atoms with E-state index in [1.54, 1.807) is 13.1 Å². The van der Waals surface area contributed by atoms with E-state index in [-0.39, 0.29) is 18.2 Å². The van der Waals surface area contributed by atoms with E-state index >= 15 is 0 Å². The average Bonchev–Trinajstić information content (AvgIpc) is 3.05. The molecule has 1 saturated heterocycles. The van der Waals surface area contributed by atoms with Gasteiger partial charge in [0, 0.05) is 26.1 Å². The minimum absolute atomic E-state index is 0.0433. The van der Waals surface area contributed by atoms with Crippen molar-refractivity contribution in [1.29, 1.82) is 0 Å². The third-order valence-electron chi connectivity index (χ3n) is 4.63. The van der Waals surface area contributed by atoms with Crippen LogP contribution in [0.25, 0.3) is 0 Å². The quantitative estimate of drug-likeness (QED) is 0.676. The van der Waals surface area contributed by atoms with Gasteiger partial charge in [0.2, 0.25) is 5.95 Å². The number of ketones is 1. The maximum Gasteiger partial charge on any atom is 0.223 e. The first kappa shape index (κ1) is 17.9. The fraction of sp³-hybridized carbons (Fsp3) is 0.316. The van der Waals surface area contributed by atoms with Gasteiger partial charge >= 0.3 is 0 Å². The Balaban J connectivity index is 1.82. The minimum Gasteiger partial charge on any atom is -0.383 e. The standard InChI is InChI=1S/C19H23N5O2/c1-3-15(25)10-13-5-4-6-14(9-13)19(26)7-8-24(12-19)17-11-16(21-2)22-18(20)23-17/h3-6,9,11,26H,1,7-8,10,12H2,2H3,(H3,20,21,22,23). The van der Waals surface area contributed by atoms with Crippen LogP contribution in [-0.4, -0.2) is 41.0 Å². The number of nitrogens with two attached hydrogens (primary N) is 1. The van der Waals surface area contributed by atoms with Crippen molar-refractivity contribution in [2.24, 2.45) is 0 Å². The molecule has 1 unspecified atom stereocenters. The molecule has 7 heteroatoms. The summed E-state index contributed by atoms with van der Waals surface area (Å²) in [5.41, 5.74) is 6.42. The Kier molecular flexibility index (Phi) is 4.90. The van der Waals surface area contributed by atoms with E-state index in [4.69, 9.17) is 5.73 Å². The average molecular weight is 353 g/mol. The number of hydrogen-bond donors (Lipinski definition) is 3. The van der Waals surface area contributed by atoms with Gasteiger partial charge in [0.15, 0.2) is 5.78 Å². The van der Waals surface area contributed by atoms with Gasteiger partial charge in [0.25, 0.3) is 0 Å². The summed E-state index contributed by atoms with van der Waals surface area (Å²) in [6.07, 6.45) is 2.16. The van der Waals surface area contributed by atoms with E-state index < -0.39 is 5.60 Å². The van der Waals surface area contributed by atoms with Gasteiger partial charge in [0.05, 0.1) is 6.54 Å². The lowest BCUT2D eigenvalue weighted by Gasteiger charge is -2.25. The van der Waals surface area contributed by atoms with E-state index in [1.165, 1.54) is 6.08 Å². The number of aliphatic hydroxyl groups is 1. The number of benzene rings is 1. The number of nitrogens with one attached hydrogen (secondary N) is 1. The molecule has 0 radical (unpaired) electrons. The van der Waals surface area contributed by atoms with Gasteiger partial charge in [-0.2, -0.15) is 9.97 Å². The summed E-state index contributed by atoms with van der Waals surface area (Å²) in [6.45, 7) is 4.54. The lowest BCUT2D eigenvalue weighted by Crippen LogP contribution is -2.31. The Morgan fingerprint density at radius 3 is 3.00 bits per heavy atom. The number of carbonyl (C=O) groups excluding carboxylic acids is 1. The summed E-state index contributed by atoms with van der Waals surface area (Å²) in [6, 6.07) is 9.33. The zero-order valence-electron chi connectivity index (χ0n) is 14.8. The van der Waals surface area contributed by atoms with Crippen LogP contribution < -0.4 is 16.0 Å². The maximum atomic E-state index is 11.6. The first-order chi connectivity index (χ1) is 12.4. The van der Waals surface area contributed by atoms with Gasteiger partial charge in [-0.1, -0.05) is 30.8 Å². The summed E-state index contributed by atoms with van der Waals surface area (Å²) in [4.78, 5) is 22.0. The molecule has 0 bridgehead atoms. The largest absolute Gasteiger partial charge is 0.383 e. The smallest absolute Gasteiger partial charge is 0.223 e. The number of aromatic nitrogens is 2. The second-order valence-corrected chi connectivity index (χ2v) is 6.47. The molecule has 4 N–H and O–H groups in total. The van der Waals surface area contributed by atoms with Crippen LogP contribution in [0.5, 0.6) is 0 Å². The Bertz CT molecular complexity index is 838. The second kappa shape index (κ2) is 7.13. The van der Waals surface area contributed by atoms with Crippen LogP contribution in [-0.2, 0) is 16.8 Å². The molecular weight excluding hydrogens is 330 g/mol. The van der Waals surface area contributed by atoms with Crippen molar-refractivity contribution in [1.82, 2.24) is 9.97 Å². The second-order valence-electron chi connectivity index (χ2n) is 6.47. The molecule has 1 aromatic carbocycles. The molecule has 2 aromatic rings. The summed E-state index contributed by atoms with van der Waals surface area (Å²) in [5.74, 6) is 1.45. The highest BCUT2D eigenvalue weighted by molar-refractivity contribution is 5.90. The van der Waals surface area contributed by atoms with Crippen LogP contribution in [0, 0.1) is 0 Å². The molecule has 1 atom stereocenters. The van der Waals surface area contributed by atoms with Crippen molar-refractivity contribution >= 4 is 23.4 Å². The number of nitrogens with zero attached hydrogens (tertiary/aromatic N) is 3. The molecule has 0 saturated carbocycles. The third kappa shape index (κ3) is 3.67. The molecule has 1 aliphatic rings. The summed E-state index contributed by atoms with van der Waals surface area (Å²) in [7, 11) is 1.77. The van der Waals surface area contributed by atoms with Crippen LogP contribution in [0.2, 0.25) is 0 Å². The Morgan fingerprint density at radius 2 is 2.27 bits per heavy atom. The van der Waals surface area contributed by atoms with Crippen LogP contribution in [0.15, 0.2) is 43.0 Å². The zero-order valence-corrected chi connectivity index (χ0v) is 14.8. The molecule has 2 heterocycles. The molecule has 0 aliphatic carbocycles. The van der Waals surface area contributed by atoms with Crippen LogP contribution >= 0.6 is 0 Å². The van der Waals surface area contributed by atoms with Crippen molar-refractivity contribution in [3.8, 4) is 0 Å². The van der Waals surface area contributed by atoms with E-state index in [1.807, 2.05) is 29.2 Å². The highest BCUT2D eigenvalue weighted by Gasteiger charge is 2.38. The number of anilines is 3. The first-order valence-corrected chi connectivity index (χ1v) is 8.48. The zero-order chi connectivity index (χ0) is 18.7. The minimum atomic E-state index is -1.01. The van der Waals surface area contributed by atoms with Crippen molar-refractivity contribution in [3.05, 3.63) is 54.1 Å². The Hall–Kier alpha value is -2.93. The van der Waals surface area contributed by atoms with E-state index in [9.17, 15) is 9.90 Å². The predicted octanol–water partition coefficient (Wildman–Crippen LogP) is 1.50. The van der Waals surface area contributed by atoms with Crippen molar-refractivity contribution in [3.63, 3.8) is 0 Å². The van der Waals surface area contributed by atoms with E-state index in [0.29, 0.717) is 31.1 Å². The monoisotopic (exact) mass is 353 g/mol. The van der Waals surface area contributed by atoms with Gasteiger partial charge in [-0.3, -0.25) is 4.79 Å². The molecule has 0 spiro atoms. The normalized spacial score (nSPS) is 19.4. The first-order valence-electron chi connectivity index (χ1n) is 8.48. The van der Waals surface area contributed by atoms with Gasteiger partial charge in [-0.05, 0) is 23.6 Å². The van der Waals surface area contributed by atoms with Crippen molar-refractivity contribution in [2.45, 2.75) is 18.4 Å². The molecule has 136 valence electrons. The van der Waals surface area contributed by atoms with Gasteiger partial charge in [-0.25, -0.2) is 0 Å². The third-order valence-corrected chi connectivity index (χ3v) is 4.63. The molecule has 1 fully saturated rings. The Labute approximate surface area is 152 Å². The highest BCUT2D eigenvalue weighted by atomic mass is 16.3. The molecule has 0 amide bonds. The van der Waals surface area contributed by atoms with E-state index in [2.05, 4.69) is 21.9 Å². The topological polar surface area (TPSA) is 104 Å². The fourth-order valence-corrected chi connectivity index (χ4v) is 3.21. The maximum absolute atomic E-state index is 11.6. The lowest BCUT2D eigenvalue weighted by atomic mass is 9.91. The summed E-state index contributed by atoms with van der Waals surface area (Å²) >= 11 is 0. The number of allylic oxidation sites excluding steroid dienone is 1. The van der Waals surface area contributed by atoms with Crippen molar-refractivity contribution in [2.75, 3.05) is 36.1 Å². The molecule has 1 aliphatic heterocycles. The van der Waals surface area contributed by atoms with Crippen LogP contribution in [0.1, 0.15) is 17.5 Å². The van der Waals surface area contributed by atoms with E-state index in [0.717, 1.165) is 11.1 Å². The van der Waals surface area contributed by atoms with Gasteiger partial charge < -0.3 is 21.1 Å². The molecular formula is C19H23N5O2. The predicted molar refractivity (Wildman–Crippen MR) is 102 cm³/mol. The molecule has 26 heavy (non-hydrogen) atoms. The van der Waals surface area contributed by atoms with Crippen LogP contribution in [0.4, 0.5) is 17.6 Å². The van der Waals surface area contributed by atoms with Gasteiger partial charge in [-0.15, -0.1) is 0 Å². The fourth-order valence-electron chi connectivity index (χ4n) is 3.21. The Morgan fingerprint density at radius 1 is 1.46 bits per heavy atom. The number of β-amino-alcohol motifs (C(OH)–C–C–N with tert-alkyl or cyclic N) is 1. The number of hydrogen-bond acceptors (Lipinski definition) is 7. The highest BCUT2D eigenvalue weighted by Crippen LogP contribution is 2.35. The van der Waals surface area contributed by atoms with Crippen molar-refractivity contribution < 1.29 is 9.90 Å².